The molecule has 0 spiro atoms. The van der Waals surface area contributed by atoms with Crippen molar-refractivity contribution in [1.29, 1.82) is 0 Å². The number of thiazole rings is 1. The van der Waals surface area contributed by atoms with Gasteiger partial charge < -0.3 is 9.47 Å². The molecule has 0 aliphatic carbocycles. The van der Waals surface area contributed by atoms with E-state index in [1.807, 2.05) is 0 Å². The SMILES string of the molecule is CCOC(=O)C1=C(C(F)(F)F)N=c2s/c(=C\c3cc(Br)cc(Br)c3OCc3ccc([N+](=O)[O-])cc3)c(=O)n2[C@H]1c1ccc(Cl)cc1. The summed E-state index contributed by atoms with van der Waals surface area (Å²) in [5, 5.41) is 11.3. The molecule has 3 aromatic carbocycles. The first-order chi connectivity index (χ1) is 21.8. The van der Waals surface area contributed by atoms with Crippen LogP contribution in [0.4, 0.5) is 18.9 Å². The summed E-state index contributed by atoms with van der Waals surface area (Å²) in [5.41, 5.74) is -1.87. The van der Waals surface area contributed by atoms with E-state index < -0.39 is 39.9 Å². The van der Waals surface area contributed by atoms with E-state index in [9.17, 15) is 32.9 Å². The fourth-order valence-corrected chi connectivity index (χ4v) is 7.14. The number of rotatable bonds is 8. The van der Waals surface area contributed by atoms with Gasteiger partial charge in [0.05, 0.1) is 32.2 Å². The summed E-state index contributed by atoms with van der Waals surface area (Å²) in [6, 6.07) is 13.3. The minimum atomic E-state index is -5.05. The lowest BCUT2D eigenvalue weighted by atomic mass is 9.95. The van der Waals surface area contributed by atoms with Crippen LogP contribution in [0.1, 0.15) is 29.7 Å². The van der Waals surface area contributed by atoms with E-state index in [1.165, 1.54) is 49.4 Å². The lowest BCUT2D eigenvalue weighted by molar-refractivity contribution is -0.384. The van der Waals surface area contributed by atoms with Gasteiger partial charge in [-0.25, -0.2) is 9.79 Å². The molecule has 0 N–H and O–H groups in total. The van der Waals surface area contributed by atoms with Gasteiger partial charge in [-0.15, -0.1) is 0 Å². The quantitative estimate of drug-likeness (QED) is 0.108. The second-order valence-corrected chi connectivity index (χ2v) is 12.8. The molecule has 1 atom stereocenters. The van der Waals surface area contributed by atoms with Crippen LogP contribution < -0.4 is 19.6 Å². The molecule has 0 saturated carbocycles. The van der Waals surface area contributed by atoms with Gasteiger partial charge in [-0.05, 0) is 76.5 Å². The van der Waals surface area contributed by atoms with Gasteiger partial charge in [0, 0.05) is 27.2 Å². The van der Waals surface area contributed by atoms with E-state index in [0.717, 1.165) is 4.57 Å². The van der Waals surface area contributed by atoms with Gasteiger partial charge in [0.2, 0.25) is 0 Å². The molecule has 4 aromatic rings. The van der Waals surface area contributed by atoms with Crippen LogP contribution in [-0.4, -0.2) is 28.2 Å². The van der Waals surface area contributed by atoms with Crippen LogP contribution in [0.3, 0.4) is 0 Å². The number of carbonyl (C=O) groups excluding carboxylic acids is 1. The third kappa shape index (κ3) is 6.97. The number of nitro benzene ring substituents is 1. The number of halogens is 6. The lowest BCUT2D eigenvalue weighted by Gasteiger charge is -2.26. The van der Waals surface area contributed by atoms with Crippen molar-refractivity contribution in [2.75, 3.05) is 6.61 Å². The number of benzene rings is 3. The van der Waals surface area contributed by atoms with Crippen molar-refractivity contribution in [3.63, 3.8) is 0 Å². The third-order valence-electron chi connectivity index (χ3n) is 6.63. The molecular formula is C30H19Br2ClF3N3O6S. The number of esters is 1. The van der Waals surface area contributed by atoms with E-state index in [0.29, 0.717) is 42.2 Å². The summed E-state index contributed by atoms with van der Waals surface area (Å²) >= 11 is 13.6. The normalized spacial score (nSPS) is 14.9. The monoisotopic (exact) mass is 799 g/mol. The Balaban J connectivity index is 1.67. The van der Waals surface area contributed by atoms with Crippen LogP contribution >= 0.6 is 54.8 Å². The molecule has 0 radical (unpaired) electrons. The summed E-state index contributed by atoms with van der Waals surface area (Å²) in [4.78, 5) is 41.0. The minimum Gasteiger partial charge on any atom is -0.487 e. The number of nitrogens with zero attached hydrogens (tertiary/aromatic N) is 3. The number of non-ortho nitro benzene ring substituents is 1. The molecule has 0 amide bonds. The van der Waals surface area contributed by atoms with Gasteiger partial charge in [-0.1, -0.05) is 51.0 Å². The Labute approximate surface area is 283 Å². The smallest absolute Gasteiger partial charge is 0.434 e. The molecular weight excluding hydrogens is 783 g/mol. The molecule has 1 aliphatic heterocycles. The zero-order valence-corrected chi connectivity index (χ0v) is 28.1. The van der Waals surface area contributed by atoms with E-state index in [1.54, 1.807) is 24.3 Å². The molecule has 0 fully saturated rings. The number of aromatic nitrogens is 1. The van der Waals surface area contributed by atoms with Gasteiger partial charge >= 0.3 is 12.1 Å². The third-order valence-corrected chi connectivity index (χ3v) is 8.92. The molecule has 16 heteroatoms. The number of allylic oxidation sites excluding steroid dienone is 1. The number of ether oxygens (including phenoxy) is 2. The fraction of sp³-hybridized carbons (Fsp3) is 0.167. The molecule has 9 nitrogen and oxygen atoms in total. The maximum Gasteiger partial charge on any atom is 0.434 e. The molecule has 5 rings (SSSR count). The maximum absolute atomic E-state index is 14.4. The summed E-state index contributed by atoms with van der Waals surface area (Å²) in [6.07, 6.45) is -3.60. The summed E-state index contributed by atoms with van der Waals surface area (Å²) < 4.78 is 56.3. The molecule has 46 heavy (non-hydrogen) atoms. The average Bonchev–Trinajstić information content (AvgIpc) is 3.30. The highest BCUT2D eigenvalue weighted by molar-refractivity contribution is 9.11. The zero-order chi connectivity index (χ0) is 33.3. The van der Waals surface area contributed by atoms with E-state index >= 15 is 0 Å². The van der Waals surface area contributed by atoms with Crippen molar-refractivity contribution >= 4 is 72.5 Å². The molecule has 0 saturated heterocycles. The van der Waals surface area contributed by atoms with Crippen LogP contribution in [0.5, 0.6) is 5.75 Å². The van der Waals surface area contributed by atoms with Crippen LogP contribution in [-0.2, 0) is 16.1 Å². The number of fused-ring (bicyclic) bond motifs is 1. The van der Waals surface area contributed by atoms with Crippen molar-refractivity contribution in [1.82, 2.24) is 4.57 Å². The van der Waals surface area contributed by atoms with E-state index in [-0.39, 0.29) is 33.8 Å². The van der Waals surface area contributed by atoms with Gasteiger partial charge in [0.15, 0.2) is 10.5 Å². The zero-order valence-electron chi connectivity index (χ0n) is 23.3. The van der Waals surface area contributed by atoms with Crippen molar-refractivity contribution in [2.24, 2.45) is 4.99 Å². The maximum atomic E-state index is 14.4. The van der Waals surface area contributed by atoms with E-state index in [2.05, 4.69) is 36.9 Å². The first-order valence-electron chi connectivity index (χ1n) is 13.2. The minimum absolute atomic E-state index is 0.00866. The number of nitro groups is 1. The van der Waals surface area contributed by atoms with Gasteiger partial charge in [-0.3, -0.25) is 19.5 Å². The van der Waals surface area contributed by atoms with Crippen molar-refractivity contribution in [3.05, 3.63) is 132 Å². The van der Waals surface area contributed by atoms with Crippen LogP contribution in [0, 0.1) is 10.1 Å². The van der Waals surface area contributed by atoms with Gasteiger partial charge in [0.25, 0.3) is 11.2 Å². The molecule has 1 aromatic heterocycles. The first kappa shape index (κ1) is 33.6. The van der Waals surface area contributed by atoms with E-state index in [4.69, 9.17) is 21.1 Å². The van der Waals surface area contributed by atoms with Crippen molar-refractivity contribution in [3.8, 4) is 5.75 Å². The van der Waals surface area contributed by atoms with Crippen LogP contribution in [0.15, 0.2) is 90.7 Å². The Morgan fingerprint density at radius 3 is 2.43 bits per heavy atom. The number of hydrogen-bond donors (Lipinski definition) is 0. The number of alkyl halides is 3. The highest BCUT2D eigenvalue weighted by Crippen LogP contribution is 2.39. The van der Waals surface area contributed by atoms with Gasteiger partial charge in [0.1, 0.15) is 12.4 Å². The Morgan fingerprint density at radius 1 is 1.15 bits per heavy atom. The lowest BCUT2D eigenvalue weighted by Crippen LogP contribution is -2.41. The van der Waals surface area contributed by atoms with Crippen molar-refractivity contribution in [2.45, 2.75) is 25.7 Å². The second kappa shape index (κ2) is 13.5. The van der Waals surface area contributed by atoms with Crippen LogP contribution in [0.25, 0.3) is 6.08 Å². The number of carbonyl (C=O) groups is 1. The van der Waals surface area contributed by atoms with Crippen LogP contribution in [0.2, 0.25) is 5.02 Å². The predicted octanol–water partition coefficient (Wildman–Crippen LogP) is 7.01. The Bertz CT molecular complexity index is 2060. The topological polar surface area (TPSA) is 113 Å². The average molecular weight is 802 g/mol. The highest BCUT2D eigenvalue weighted by atomic mass is 79.9. The fourth-order valence-electron chi connectivity index (χ4n) is 4.65. The second-order valence-electron chi connectivity index (χ2n) is 9.63. The Kier molecular flexibility index (Phi) is 9.86. The highest BCUT2D eigenvalue weighted by Gasteiger charge is 2.45. The summed E-state index contributed by atoms with van der Waals surface area (Å²) in [5.74, 6) is -0.963. The largest absolute Gasteiger partial charge is 0.487 e. The van der Waals surface area contributed by atoms with Gasteiger partial charge in [-0.2, -0.15) is 13.2 Å². The number of hydrogen-bond acceptors (Lipinski definition) is 8. The molecule has 1 aliphatic rings. The summed E-state index contributed by atoms with van der Waals surface area (Å²) in [6.45, 7) is 1.26. The Morgan fingerprint density at radius 2 is 1.83 bits per heavy atom. The summed E-state index contributed by atoms with van der Waals surface area (Å²) in [7, 11) is 0. The first-order valence-corrected chi connectivity index (χ1v) is 16.0. The van der Waals surface area contributed by atoms with Crippen molar-refractivity contribution < 1.29 is 32.4 Å². The molecule has 238 valence electrons. The standard InChI is InChI=1S/C30H19Br2ClF3N3O6S/c1-2-44-28(41)23-24(16-5-7-19(33)8-6-16)38-27(40)22(46-29(38)37-26(23)30(34,35)36)12-17-11-18(31)13-21(32)25(17)45-14-15-3-9-20(10-4-15)39(42)43/h3-13,24H,2,14H2,1H3/b22-12-/t24-/m0/s1. The Hall–Kier alpha value is -3.79. The molecule has 2 heterocycles. The predicted molar refractivity (Wildman–Crippen MR) is 172 cm³/mol. The molecule has 0 bridgehead atoms. The molecule has 0 unspecified atom stereocenters.